The van der Waals surface area contributed by atoms with Crippen molar-refractivity contribution in [3.63, 3.8) is 0 Å². The van der Waals surface area contributed by atoms with Gasteiger partial charge in [-0.3, -0.25) is 4.79 Å². The number of hydrogen-bond acceptors (Lipinski definition) is 3. The van der Waals surface area contributed by atoms with Crippen molar-refractivity contribution < 1.29 is 19.4 Å². The van der Waals surface area contributed by atoms with Crippen LogP contribution in [0.1, 0.15) is 39.5 Å². The van der Waals surface area contributed by atoms with Crippen molar-refractivity contribution in [1.82, 2.24) is 0 Å². The number of esters is 1. The third kappa shape index (κ3) is 19.2. The normalized spacial score (nSPS) is 8.40. The quantitative estimate of drug-likeness (QED) is 0.420. The summed E-state index contributed by atoms with van der Waals surface area (Å²) in [5.41, 5.74) is 0. The molecule has 0 aromatic rings. The number of aliphatic carboxylic acids is 1. The molecule has 0 bridgehead atoms. The fourth-order valence-corrected chi connectivity index (χ4v) is 0.752. The Morgan fingerprint density at radius 1 is 1.33 bits per heavy atom. The first-order valence-electron chi connectivity index (χ1n) is 5.09. The third-order valence-corrected chi connectivity index (χ3v) is 1.46. The van der Waals surface area contributed by atoms with Gasteiger partial charge in [-0.05, 0) is 13.3 Å². The van der Waals surface area contributed by atoms with Gasteiger partial charge in [0.2, 0.25) is 0 Å². The second-order valence-corrected chi connectivity index (χ2v) is 2.80. The molecule has 0 unspecified atom stereocenters. The number of ether oxygens (including phenoxy) is 1. The van der Waals surface area contributed by atoms with Crippen molar-refractivity contribution in [2.24, 2.45) is 0 Å². The number of hydrogen-bond donors (Lipinski definition) is 1. The fraction of sp³-hybridized carbons (Fsp3) is 0.636. The molecule has 1 N–H and O–H groups in total. The molecular formula is C11H20O4. The van der Waals surface area contributed by atoms with Crippen LogP contribution in [0.4, 0.5) is 0 Å². The predicted molar refractivity (Wildman–Crippen MR) is 58.6 cm³/mol. The zero-order valence-electron chi connectivity index (χ0n) is 9.49. The van der Waals surface area contributed by atoms with Gasteiger partial charge >= 0.3 is 11.9 Å². The number of carbonyl (C=O) groups excluding carboxylic acids is 1. The summed E-state index contributed by atoms with van der Waals surface area (Å²) in [4.78, 5) is 19.9. The molecule has 0 aromatic heterocycles. The fourth-order valence-electron chi connectivity index (χ4n) is 0.752. The van der Waals surface area contributed by atoms with Crippen LogP contribution in [-0.4, -0.2) is 23.7 Å². The van der Waals surface area contributed by atoms with Gasteiger partial charge in [0.15, 0.2) is 0 Å². The molecule has 0 radical (unpaired) electrons. The number of carboxylic acids is 1. The second-order valence-electron chi connectivity index (χ2n) is 2.80. The Labute approximate surface area is 90.9 Å². The third-order valence-electron chi connectivity index (χ3n) is 1.46. The number of unbranched alkanes of at least 4 members (excludes halogenated alkanes) is 2. The van der Waals surface area contributed by atoms with Crippen molar-refractivity contribution >= 4 is 11.9 Å². The summed E-state index contributed by atoms with van der Waals surface area (Å²) in [5.74, 6) is -1.04. The van der Waals surface area contributed by atoms with Gasteiger partial charge in [0, 0.05) is 12.5 Å². The van der Waals surface area contributed by atoms with E-state index in [-0.39, 0.29) is 5.97 Å². The van der Waals surface area contributed by atoms with Crippen molar-refractivity contribution in [2.75, 3.05) is 6.61 Å². The molecule has 0 fully saturated rings. The molecule has 0 heterocycles. The molecule has 0 amide bonds. The van der Waals surface area contributed by atoms with Gasteiger partial charge < -0.3 is 9.84 Å². The van der Waals surface area contributed by atoms with Gasteiger partial charge in [0.05, 0.1) is 6.61 Å². The van der Waals surface area contributed by atoms with Crippen LogP contribution in [-0.2, 0) is 14.3 Å². The molecule has 15 heavy (non-hydrogen) atoms. The van der Waals surface area contributed by atoms with Crippen LogP contribution in [0, 0.1) is 0 Å². The van der Waals surface area contributed by atoms with Crippen LogP contribution < -0.4 is 0 Å². The summed E-state index contributed by atoms with van der Waals surface area (Å²) < 4.78 is 4.75. The highest BCUT2D eigenvalue weighted by molar-refractivity contribution is 5.78. The van der Waals surface area contributed by atoms with E-state index in [1.807, 2.05) is 6.92 Å². The van der Waals surface area contributed by atoms with Gasteiger partial charge in [0.25, 0.3) is 0 Å². The highest BCUT2D eigenvalue weighted by Gasteiger charge is 1.98. The van der Waals surface area contributed by atoms with E-state index in [1.54, 1.807) is 0 Å². The number of carboxylic acid groups (broad SMARTS) is 1. The lowest BCUT2D eigenvalue weighted by atomic mass is 10.2. The molecule has 0 aliphatic heterocycles. The van der Waals surface area contributed by atoms with Gasteiger partial charge in [-0.2, -0.15) is 0 Å². The lowest BCUT2D eigenvalue weighted by molar-refractivity contribution is -0.143. The lowest BCUT2D eigenvalue weighted by Gasteiger charge is -1.99. The maximum Gasteiger partial charge on any atom is 0.327 e. The van der Waals surface area contributed by atoms with Crippen LogP contribution >= 0.6 is 0 Å². The van der Waals surface area contributed by atoms with E-state index in [0.717, 1.165) is 25.3 Å². The monoisotopic (exact) mass is 216 g/mol. The van der Waals surface area contributed by atoms with Crippen molar-refractivity contribution in [3.8, 4) is 0 Å². The summed E-state index contributed by atoms with van der Waals surface area (Å²) in [6.07, 6.45) is 4.66. The SMILES string of the molecule is C=CC(=O)O.CCCCCC(=O)OCC. The van der Waals surface area contributed by atoms with Crippen LogP contribution in [0.25, 0.3) is 0 Å². The van der Waals surface area contributed by atoms with Crippen LogP contribution in [0.15, 0.2) is 12.7 Å². The average molecular weight is 216 g/mol. The second kappa shape index (κ2) is 12.7. The molecule has 0 atom stereocenters. The standard InChI is InChI=1S/C8H16O2.C3H4O2/c1-3-5-6-7-8(9)10-4-2;1-2-3(4)5/h3-7H2,1-2H3;2H,1H2,(H,4,5). The Morgan fingerprint density at radius 3 is 2.20 bits per heavy atom. The largest absolute Gasteiger partial charge is 0.478 e. The van der Waals surface area contributed by atoms with Crippen molar-refractivity contribution in [2.45, 2.75) is 39.5 Å². The Balaban J connectivity index is 0. The topological polar surface area (TPSA) is 63.6 Å². The van der Waals surface area contributed by atoms with E-state index in [1.165, 1.54) is 0 Å². The molecule has 0 aliphatic rings. The Kier molecular flexibility index (Phi) is 13.6. The maximum atomic E-state index is 10.7. The molecule has 0 aliphatic carbocycles. The molecular weight excluding hydrogens is 196 g/mol. The molecule has 0 aromatic carbocycles. The lowest BCUT2D eigenvalue weighted by Crippen LogP contribution is -2.02. The molecule has 4 nitrogen and oxygen atoms in total. The first-order chi connectivity index (χ1) is 7.08. The zero-order chi connectivity index (χ0) is 12.1. The highest BCUT2D eigenvalue weighted by Crippen LogP contribution is 1.99. The Hall–Kier alpha value is -1.32. The average Bonchev–Trinajstić information content (AvgIpc) is 2.19. The molecule has 88 valence electrons. The Bertz CT molecular complexity index is 187. The summed E-state index contributed by atoms with van der Waals surface area (Å²) in [7, 11) is 0. The molecule has 4 heteroatoms. The predicted octanol–water partition coefficient (Wildman–Crippen LogP) is 2.39. The first kappa shape index (κ1) is 16.1. The van der Waals surface area contributed by atoms with Crippen LogP contribution in [0.3, 0.4) is 0 Å². The summed E-state index contributed by atoms with van der Waals surface area (Å²) in [5, 5.41) is 7.60. The van der Waals surface area contributed by atoms with Gasteiger partial charge in [0.1, 0.15) is 0 Å². The summed E-state index contributed by atoms with van der Waals surface area (Å²) in [6.45, 7) is 7.41. The van der Waals surface area contributed by atoms with Gasteiger partial charge in [-0.1, -0.05) is 26.3 Å². The maximum absolute atomic E-state index is 10.7. The first-order valence-corrected chi connectivity index (χ1v) is 5.09. The molecule has 0 rings (SSSR count). The highest BCUT2D eigenvalue weighted by atomic mass is 16.5. The van der Waals surface area contributed by atoms with Crippen LogP contribution in [0.5, 0.6) is 0 Å². The smallest absolute Gasteiger partial charge is 0.327 e. The van der Waals surface area contributed by atoms with Gasteiger partial charge in [-0.15, -0.1) is 0 Å². The molecule has 0 saturated carbocycles. The minimum Gasteiger partial charge on any atom is -0.478 e. The van der Waals surface area contributed by atoms with E-state index in [4.69, 9.17) is 9.84 Å². The van der Waals surface area contributed by atoms with Crippen LogP contribution in [0.2, 0.25) is 0 Å². The minimum atomic E-state index is -0.981. The van der Waals surface area contributed by atoms with E-state index >= 15 is 0 Å². The number of carbonyl (C=O) groups is 2. The van der Waals surface area contributed by atoms with E-state index in [2.05, 4.69) is 13.5 Å². The molecule has 0 saturated heterocycles. The minimum absolute atomic E-state index is 0.0593. The van der Waals surface area contributed by atoms with Gasteiger partial charge in [-0.25, -0.2) is 4.79 Å². The number of rotatable bonds is 6. The van der Waals surface area contributed by atoms with Crippen molar-refractivity contribution in [1.29, 1.82) is 0 Å². The van der Waals surface area contributed by atoms with E-state index in [0.29, 0.717) is 13.0 Å². The zero-order valence-corrected chi connectivity index (χ0v) is 9.49. The van der Waals surface area contributed by atoms with E-state index < -0.39 is 5.97 Å². The van der Waals surface area contributed by atoms with Crippen molar-refractivity contribution in [3.05, 3.63) is 12.7 Å². The summed E-state index contributed by atoms with van der Waals surface area (Å²) in [6, 6.07) is 0. The summed E-state index contributed by atoms with van der Waals surface area (Å²) >= 11 is 0. The Morgan fingerprint density at radius 2 is 1.87 bits per heavy atom. The van der Waals surface area contributed by atoms with E-state index in [9.17, 15) is 9.59 Å². The molecule has 0 spiro atoms.